The molecule has 3 N–H and O–H groups in total. The summed E-state index contributed by atoms with van der Waals surface area (Å²) in [5.74, 6) is -0.313. The molecule has 0 bridgehead atoms. The van der Waals surface area contributed by atoms with Crippen molar-refractivity contribution in [2.75, 3.05) is 13.2 Å². The van der Waals surface area contributed by atoms with Crippen LogP contribution in [-0.2, 0) is 14.8 Å². The summed E-state index contributed by atoms with van der Waals surface area (Å²) in [6.45, 7) is 1.89. The number of ether oxygens (including phenoxy) is 1. The van der Waals surface area contributed by atoms with Gasteiger partial charge in [0.2, 0.25) is 10.0 Å². The van der Waals surface area contributed by atoms with E-state index in [1.165, 1.54) is 0 Å². The number of rotatable bonds is 8. The maximum Gasteiger partial charge on any atom is 0.270 e. The third kappa shape index (κ3) is 5.85. The van der Waals surface area contributed by atoms with E-state index in [-0.39, 0.29) is 36.1 Å². The first-order chi connectivity index (χ1) is 14.4. The van der Waals surface area contributed by atoms with Crippen LogP contribution >= 0.6 is 0 Å². The molecule has 1 aliphatic rings. The second-order valence-electron chi connectivity index (χ2n) is 7.35. The molecule has 1 fully saturated rings. The summed E-state index contributed by atoms with van der Waals surface area (Å²) in [6, 6.07) is 11.4. The lowest BCUT2D eigenvalue weighted by molar-refractivity contribution is -0.0891. The summed E-state index contributed by atoms with van der Waals surface area (Å²) in [4.78, 5) is 16.6. The van der Waals surface area contributed by atoms with Crippen LogP contribution in [0.4, 0.5) is 0 Å². The second-order valence-corrected chi connectivity index (χ2v) is 9.12. The van der Waals surface area contributed by atoms with Crippen molar-refractivity contribution in [1.29, 1.82) is 0 Å². The fraction of sp³-hybridized carbons (Fsp3) is 0.429. The average molecular weight is 434 g/mol. The van der Waals surface area contributed by atoms with Gasteiger partial charge in [0.15, 0.2) is 0 Å². The maximum atomic E-state index is 12.4. The van der Waals surface area contributed by atoms with Crippen molar-refractivity contribution in [3.8, 4) is 0 Å². The molecule has 0 spiro atoms. The van der Waals surface area contributed by atoms with Gasteiger partial charge in [0.1, 0.15) is 11.8 Å². The molecule has 1 aromatic carbocycles. The Morgan fingerprint density at radius 1 is 1.20 bits per heavy atom. The number of aromatic nitrogens is 1. The van der Waals surface area contributed by atoms with Crippen LogP contribution in [0.2, 0.25) is 0 Å². The molecule has 162 valence electrons. The Kier molecular flexibility index (Phi) is 7.54. The summed E-state index contributed by atoms with van der Waals surface area (Å²) in [5.41, 5.74) is 1.30. The summed E-state index contributed by atoms with van der Waals surface area (Å²) in [7, 11) is -3.57. The van der Waals surface area contributed by atoms with Gasteiger partial charge in [0, 0.05) is 12.7 Å². The quantitative estimate of drug-likeness (QED) is 0.579. The molecule has 2 aromatic rings. The number of nitrogens with zero attached hydrogens (tertiary/aromatic N) is 1. The molecule has 0 saturated carbocycles. The molecule has 0 aliphatic carbocycles. The van der Waals surface area contributed by atoms with Crippen molar-refractivity contribution in [2.24, 2.45) is 0 Å². The number of hydrogen-bond donors (Lipinski definition) is 3. The Labute approximate surface area is 176 Å². The molecule has 8 nitrogen and oxygen atoms in total. The SMILES string of the molecule is Cc1ccc(S(=O)(=O)NCC[C@@H]2CC[C@H](NC(=O)c3ccccn3)[C@@H](CO)O2)cc1. The van der Waals surface area contributed by atoms with Crippen LogP contribution in [0.15, 0.2) is 53.6 Å². The minimum Gasteiger partial charge on any atom is -0.394 e. The first-order valence-corrected chi connectivity index (χ1v) is 11.4. The largest absolute Gasteiger partial charge is 0.394 e. The maximum absolute atomic E-state index is 12.4. The summed E-state index contributed by atoms with van der Waals surface area (Å²) in [6.07, 6.45) is 2.54. The van der Waals surface area contributed by atoms with Crippen molar-refractivity contribution >= 4 is 15.9 Å². The van der Waals surface area contributed by atoms with E-state index in [1.807, 2.05) is 6.92 Å². The molecule has 3 atom stereocenters. The van der Waals surface area contributed by atoms with E-state index in [0.717, 1.165) is 5.56 Å². The highest BCUT2D eigenvalue weighted by Crippen LogP contribution is 2.22. The van der Waals surface area contributed by atoms with Crippen LogP contribution in [0.1, 0.15) is 35.3 Å². The number of aryl methyl sites for hydroxylation is 1. The molecule has 0 radical (unpaired) electrons. The van der Waals surface area contributed by atoms with Crippen molar-refractivity contribution in [2.45, 2.75) is 49.3 Å². The van der Waals surface area contributed by atoms with Crippen molar-refractivity contribution in [1.82, 2.24) is 15.0 Å². The number of sulfonamides is 1. The number of aliphatic hydroxyl groups excluding tert-OH is 1. The second kappa shape index (κ2) is 10.1. The molecule has 1 saturated heterocycles. The Hall–Kier alpha value is -2.33. The van der Waals surface area contributed by atoms with E-state index >= 15 is 0 Å². The average Bonchev–Trinajstić information content (AvgIpc) is 2.75. The van der Waals surface area contributed by atoms with E-state index in [9.17, 15) is 18.3 Å². The van der Waals surface area contributed by atoms with Crippen LogP contribution in [0.25, 0.3) is 0 Å². The zero-order chi connectivity index (χ0) is 21.6. The standard InChI is InChI=1S/C21H27N3O5S/c1-15-5-8-17(9-6-15)30(27,28)23-13-11-16-7-10-18(20(14-25)29-16)24-21(26)19-4-2-3-12-22-19/h2-6,8-9,12,16,18,20,23,25H,7,10-11,13-14H2,1H3,(H,24,26)/t16-,18-,20+/m0/s1. The fourth-order valence-electron chi connectivity index (χ4n) is 3.40. The van der Waals surface area contributed by atoms with Crippen LogP contribution < -0.4 is 10.0 Å². The van der Waals surface area contributed by atoms with Gasteiger partial charge in [0.25, 0.3) is 5.91 Å². The van der Waals surface area contributed by atoms with Gasteiger partial charge in [-0.05, 0) is 50.5 Å². The van der Waals surface area contributed by atoms with E-state index < -0.39 is 16.1 Å². The Morgan fingerprint density at radius 3 is 2.63 bits per heavy atom. The first kappa shape index (κ1) is 22.4. The van der Waals surface area contributed by atoms with Gasteiger partial charge in [0.05, 0.1) is 23.6 Å². The van der Waals surface area contributed by atoms with E-state index in [4.69, 9.17) is 4.74 Å². The summed E-state index contributed by atoms with van der Waals surface area (Å²) >= 11 is 0. The van der Waals surface area contributed by atoms with Gasteiger partial charge < -0.3 is 15.2 Å². The number of nitrogens with one attached hydrogen (secondary N) is 2. The molecule has 1 aliphatic heterocycles. The molecule has 0 unspecified atom stereocenters. The molecule has 3 rings (SSSR count). The molecule has 1 aromatic heterocycles. The third-order valence-corrected chi connectivity index (χ3v) is 6.58. The minimum atomic E-state index is -3.57. The smallest absolute Gasteiger partial charge is 0.270 e. The van der Waals surface area contributed by atoms with Gasteiger partial charge >= 0.3 is 0 Å². The van der Waals surface area contributed by atoms with Crippen LogP contribution in [-0.4, -0.2) is 55.8 Å². The number of carbonyl (C=O) groups is 1. The molecule has 9 heteroatoms. The van der Waals surface area contributed by atoms with Gasteiger partial charge in [-0.2, -0.15) is 0 Å². The van der Waals surface area contributed by atoms with Crippen molar-refractivity contribution < 1.29 is 23.1 Å². The summed E-state index contributed by atoms with van der Waals surface area (Å²) < 4.78 is 33.2. The van der Waals surface area contributed by atoms with Crippen molar-refractivity contribution in [3.05, 3.63) is 59.9 Å². The van der Waals surface area contributed by atoms with E-state index in [0.29, 0.717) is 25.0 Å². The molecule has 30 heavy (non-hydrogen) atoms. The molecular weight excluding hydrogens is 406 g/mol. The number of hydrogen-bond acceptors (Lipinski definition) is 6. The number of amides is 1. The topological polar surface area (TPSA) is 118 Å². The van der Waals surface area contributed by atoms with Gasteiger partial charge in [-0.3, -0.25) is 9.78 Å². The number of carbonyl (C=O) groups excluding carboxylic acids is 1. The summed E-state index contributed by atoms with van der Waals surface area (Å²) in [5, 5.41) is 12.6. The van der Waals surface area contributed by atoms with Crippen LogP contribution in [0, 0.1) is 6.92 Å². The Balaban J connectivity index is 1.49. The number of benzene rings is 1. The lowest BCUT2D eigenvalue weighted by Crippen LogP contribution is -2.51. The van der Waals surface area contributed by atoms with Crippen LogP contribution in [0.5, 0.6) is 0 Å². The highest BCUT2D eigenvalue weighted by molar-refractivity contribution is 7.89. The van der Waals surface area contributed by atoms with E-state index in [2.05, 4.69) is 15.0 Å². The van der Waals surface area contributed by atoms with E-state index in [1.54, 1.807) is 48.7 Å². The molecule has 2 heterocycles. The fourth-order valence-corrected chi connectivity index (χ4v) is 4.45. The Morgan fingerprint density at radius 2 is 1.97 bits per heavy atom. The molecule has 1 amide bonds. The normalized spacial score (nSPS) is 21.9. The zero-order valence-electron chi connectivity index (χ0n) is 16.8. The highest BCUT2D eigenvalue weighted by atomic mass is 32.2. The number of pyridine rings is 1. The molecular formula is C21H27N3O5S. The van der Waals surface area contributed by atoms with Gasteiger partial charge in [-0.1, -0.05) is 23.8 Å². The minimum absolute atomic E-state index is 0.203. The van der Waals surface area contributed by atoms with Crippen molar-refractivity contribution in [3.63, 3.8) is 0 Å². The predicted molar refractivity (Wildman–Crippen MR) is 111 cm³/mol. The monoisotopic (exact) mass is 433 g/mol. The zero-order valence-corrected chi connectivity index (χ0v) is 17.6. The lowest BCUT2D eigenvalue weighted by atomic mass is 9.97. The third-order valence-electron chi connectivity index (χ3n) is 5.10. The highest BCUT2D eigenvalue weighted by Gasteiger charge is 2.32. The van der Waals surface area contributed by atoms with Crippen LogP contribution in [0.3, 0.4) is 0 Å². The number of aliphatic hydroxyl groups is 1. The van der Waals surface area contributed by atoms with Gasteiger partial charge in [-0.15, -0.1) is 0 Å². The lowest BCUT2D eigenvalue weighted by Gasteiger charge is -2.36. The van der Waals surface area contributed by atoms with Gasteiger partial charge in [-0.25, -0.2) is 13.1 Å². The predicted octanol–water partition coefficient (Wildman–Crippen LogP) is 1.40. The Bertz CT molecular complexity index is 935. The first-order valence-electron chi connectivity index (χ1n) is 9.93.